The van der Waals surface area contributed by atoms with Crippen LogP contribution in [0, 0.1) is 0 Å². The maximum absolute atomic E-state index is 13.1. The first-order chi connectivity index (χ1) is 18.8. The number of rotatable bonds is 11. The fraction of sp³-hybridized carbons (Fsp3) is 0.300. The number of fused-ring (bicyclic) bond motifs is 3. The van der Waals surface area contributed by atoms with E-state index in [9.17, 15) is 19.5 Å². The topological polar surface area (TPSA) is 114 Å². The first-order valence-corrected chi connectivity index (χ1v) is 12.6. The molecule has 2 N–H and O–H groups in total. The third-order valence-corrected chi connectivity index (χ3v) is 6.80. The van der Waals surface area contributed by atoms with Gasteiger partial charge in [-0.15, -0.1) is 0 Å². The van der Waals surface area contributed by atoms with Gasteiger partial charge in [0.15, 0.2) is 11.5 Å². The number of amides is 2. The van der Waals surface area contributed by atoms with Gasteiger partial charge in [-0.3, -0.25) is 9.59 Å². The minimum absolute atomic E-state index is 0.110. The summed E-state index contributed by atoms with van der Waals surface area (Å²) in [5.41, 5.74) is 5.23. The lowest BCUT2D eigenvalue weighted by Gasteiger charge is -2.25. The van der Waals surface area contributed by atoms with Gasteiger partial charge in [0, 0.05) is 12.5 Å². The highest BCUT2D eigenvalue weighted by atomic mass is 16.5. The summed E-state index contributed by atoms with van der Waals surface area (Å²) in [7, 11) is 3.06. The molecule has 9 nitrogen and oxygen atoms in total. The number of carboxylic acid groups (broad SMARTS) is 1. The molecule has 0 unspecified atom stereocenters. The molecule has 1 aliphatic carbocycles. The van der Waals surface area contributed by atoms with E-state index in [1.807, 2.05) is 54.6 Å². The predicted molar refractivity (Wildman–Crippen MR) is 145 cm³/mol. The van der Waals surface area contributed by atoms with Gasteiger partial charge in [0.25, 0.3) is 0 Å². The Hall–Kier alpha value is -4.53. The normalized spacial score (nSPS) is 12.6. The second kappa shape index (κ2) is 12.3. The highest BCUT2D eigenvalue weighted by Crippen LogP contribution is 2.44. The molecule has 39 heavy (non-hydrogen) atoms. The second-order valence-electron chi connectivity index (χ2n) is 9.28. The van der Waals surface area contributed by atoms with Gasteiger partial charge >= 0.3 is 12.1 Å². The van der Waals surface area contributed by atoms with E-state index in [0.29, 0.717) is 17.9 Å². The smallest absolute Gasteiger partial charge is 0.407 e. The minimum Gasteiger partial charge on any atom is -0.493 e. The van der Waals surface area contributed by atoms with Gasteiger partial charge < -0.3 is 29.5 Å². The number of carbonyl (C=O) groups is 3. The molecule has 0 saturated carbocycles. The molecule has 3 aromatic carbocycles. The Balaban J connectivity index is 1.36. The molecule has 2 amide bonds. The monoisotopic (exact) mass is 532 g/mol. The number of carboxylic acids is 1. The molecule has 0 radical (unpaired) electrons. The van der Waals surface area contributed by atoms with Crippen LogP contribution in [-0.2, 0) is 20.7 Å². The van der Waals surface area contributed by atoms with E-state index in [1.165, 1.54) is 26.0 Å². The predicted octanol–water partition coefficient (Wildman–Crippen LogP) is 4.09. The number of ether oxygens (including phenoxy) is 3. The van der Waals surface area contributed by atoms with Crippen LogP contribution in [0.3, 0.4) is 0 Å². The molecule has 0 fully saturated rings. The highest BCUT2D eigenvalue weighted by Gasteiger charge is 2.30. The Morgan fingerprint density at radius 3 is 2.13 bits per heavy atom. The Kier molecular flexibility index (Phi) is 8.70. The number of alkyl carbamates (subject to hydrolysis) is 1. The lowest BCUT2D eigenvalue weighted by atomic mass is 9.98. The van der Waals surface area contributed by atoms with Crippen molar-refractivity contribution in [2.75, 3.05) is 33.9 Å². The Morgan fingerprint density at radius 1 is 0.923 bits per heavy atom. The zero-order chi connectivity index (χ0) is 27.9. The van der Waals surface area contributed by atoms with E-state index in [-0.39, 0.29) is 19.1 Å². The maximum atomic E-state index is 13.1. The van der Waals surface area contributed by atoms with Crippen LogP contribution in [0.5, 0.6) is 11.5 Å². The van der Waals surface area contributed by atoms with Crippen molar-refractivity contribution in [1.82, 2.24) is 10.2 Å². The van der Waals surface area contributed by atoms with Crippen molar-refractivity contribution in [2.24, 2.45) is 0 Å². The fourth-order valence-electron chi connectivity index (χ4n) is 4.88. The molecule has 204 valence electrons. The molecule has 1 atom stereocenters. The number of benzene rings is 3. The summed E-state index contributed by atoms with van der Waals surface area (Å²) in [6.07, 6.45) is -0.357. The largest absolute Gasteiger partial charge is 0.493 e. The van der Waals surface area contributed by atoms with E-state index in [4.69, 9.17) is 14.2 Å². The second-order valence-corrected chi connectivity index (χ2v) is 9.28. The molecule has 0 heterocycles. The zero-order valence-corrected chi connectivity index (χ0v) is 22.2. The Morgan fingerprint density at radius 2 is 1.54 bits per heavy atom. The number of aliphatic carboxylic acids is 1. The first kappa shape index (κ1) is 27.5. The van der Waals surface area contributed by atoms with Gasteiger partial charge in [-0.1, -0.05) is 54.6 Å². The molecule has 0 aliphatic heterocycles. The van der Waals surface area contributed by atoms with E-state index < -0.39 is 30.6 Å². The van der Waals surface area contributed by atoms with Crippen LogP contribution < -0.4 is 14.8 Å². The molecule has 3 aromatic rings. The SMILES string of the molecule is COc1ccc(CCN(CC(=O)O)C(=O)[C@H](C)NC(=O)OCC2c3ccccc3-c3ccccc32)cc1OC. The average Bonchev–Trinajstić information content (AvgIpc) is 3.26. The quantitative estimate of drug-likeness (QED) is 0.382. The van der Waals surface area contributed by atoms with Crippen LogP contribution in [0.1, 0.15) is 29.5 Å². The van der Waals surface area contributed by atoms with Crippen LogP contribution in [0.2, 0.25) is 0 Å². The number of carbonyl (C=O) groups excluding carboxylic acids is 2. The lowest BCUT2D eigenvalue weighted by molar-refractivity contribution is -0.145. The fourth-order valence-corrected chi connectivity index (χ4v) is 4.88. The molecular weight excluding hydrogens is 500 g/mol. The number of methoxy groups -OCH3 is 2. The molecule has 0 bridgehead atoms. The van der Waals surface area contributed by atoms with Gasteiger partial charge in [-0.05, 0) is 53.3 Å². The van der Waals surface area contributed by atoms with E-state index in [1.54, 1.807) is 12.1 Å². The minimum atomic E-state index is -1.15. The Bertz CT molecular complexity index is 1310. The number of hydrogen-bond acceptors (Lipinski definition) is 6. The number of nitrogens with one attached hydrogen (secondary N) is 1. The average molecular weight is 533 g/mol. The van der Waals surface area contributed by atoms with Gasteiger partial charge in [0.05, 0.1) is 14.2 Å². The standard InChI is InChI=1S/C30H32N2O7/c1-19(29(35)32(17-28(33)34)15-14-20-12-13-26(37-2)27(16-20)38-3)31-30(36)39-18-25-23-10-6-4-8-21(23)22-9-5-7-11-24(22)25/h4-13,16,19,25H,14-15,17-18H2,1-3H3,(H,31,36)(H,33,34)/t19-/m0/s1. The summed E-state index contributed by atoms with van der Waals surface area (Å²) in [5.74, 6) is -0.674. The summed E-state index contributed by atoms with van der Waals surface area (Å²) in [6, 6.07) is 20.4. The lowest BCUT2D eigenvalue weighted by Crippen LogP contribution is -2.49. The molecule has 9 heteroatoms. The van der Waals surface area contributed by atoms with Crippen LogP contribution in [-0.4, -0.2) is 67.9 Å². The molecule has 1 aliphatic rings. The van der Waals surface area contributed by atoms with Gasteiger partial charge in [0.2, 0.25) is 5.91 Å². The van der Waals surface area contributed by atoms with Crippen LogP contribution in [0.4, 0.5) is 4.79 Å². The zero-order valence-electron chi connectivity index (χ0n) is 22.2. The molecule has 4 rings (SSSR count). The van der Waals surface area contributed by atoms with Gasteiger partial charge in [-0.25, -0.2) is 4.79 Å². The summed E-state index contributed by atoms with van der Waals surface area (Å²) in [5, 5.41) is 11.9. The maximum Gasteiger partial charge on any atom is 0.407 e. The molecule has 0 aromatic heterocycles. The van der Waals surface area contributed by atoms with Crippen molar-refractivity contribution in [1.29, 1.82) is 0 Å². The first-order valence-electron chi connectivity index (χ1n) is 12.6. The van der Waals surface area contributed by atoms with Crippen LogP contribution in [0.15, 0.2) is 66.7 Å². The van der Waals surface area contributed by atoms with E-state index >= 15 is 0 Å². The summed E-state index contributed by atoms with van der Waals surface area (Å²) < 4.78 is 16.1. The van der Waals surface area contributed by atoms with Gasteiger partial charge in [0.1, 0.15) is 19.2 Å². The van der Waals surface area contributed by atoms with Crippen molar-refractivity contribution in [3.63, 3.8) is 0 Å². The summed E-state index contributed by atoms with van der Waals surface area (Å²) in [4.78, 5) is 38.4. The van der Waals surface area contributed by atoms with Crippen molar-refractivity contribution >= 4 is 18.0 Å². The summed E-state index contributed by atoms with van der Waals surface area (Å²) in [6.45, 7) is 1.26. The summed E-state index contributed by atoms with van der Waals surface area (Å²) >= 11 is 0. The molecular formula is C30H32N2O7. The number of nitrogens with zero attached hydrogens (tertiary/aromatic N) is 1. The van der Waals surface area contributed by atoms with E-state index in [2.05, 4.69) is 5.32 Å². The van der Waals surface area contributed by atoms with Gasteiger partial charge in [-0.2, -0.15) is 0 Å². The Labute approximate surface area is 227 Å². The third-order valence-electron chi connectivity index (χ3n) is 6.80. The van der Waals surface area contributed by atoms with Crippen LogP contribution in [0.25, 0.3) is 11.1 Å². The third kappa shape index (κ3) is 6.31. The molecule has 0 spiro atoms. The van der Waals surface area contributed by atoms with Crippen molar-refractivity contribution in [3.05, 3.63) is 83.4 Å². The van der Waals surface area contributed by atoms with E-state index in [0.717, 1.165) is 27.8 Å². The number of hydrogen-bond donors (Lipinski definition) is 2. The van der Waals surface area contributed by atoms with Crippen molar-refractivity contribution < 1.29 is 33.7 Å². The van der Waals surface area contributed by atoms with Crippen molar-refractivity contribution in [3.8, 4) is 22.6 Å². The van der Waals surface area contributed by atoms with Crippen LogP contribution >= 0.6 is 0 Å². The highest BCUT2D eigenvalue weighted by molar-refractivity contribution is 5.88. The van der Waals surface area contributed by atoms with Crippen molar-refractivity contribution in [2.45, 2.75) is 25.3 Å². The molecule has 0 saturated heterocycles.